The second-order valence-corrected chi connectivity index (χ2v) is 7.85. The van der Waals surface area contributed by atoms with Gasteiger partial charge in [0.1, 0.15) is 0 Å². The van der Waals surface area contributed by atoms with E-state index >= 15 is 0 Å². The molecule has 0 aliphatic heterocycles. The molecule has 6 nitrogen and oxygen atoms in total. The smallest absolute Gasteiger partial charge is 0.252 e. The first kappa shape index (κ1) is 17.8. The highest BCUT2D eigenvalue weighted by atomic mass is 16.2. The van der Waals surface area contributed by atoms with Crippen LogP contribution in [0.1, 0.15) is 43.4 Å². The molecule has 1 atom stereocenters. The molecule has 4 rings (SSSR count). The Morgan fingerprint density at radius 3 is 2.63 bits per heavy atom. The summed E-state index contributed by atoms with van der Waals surface area (Å²) in [5.41, 5.74) is 1.39. The summed E-state index contributed by atoms with van der Waals surface area (Å²) >= 11 is 0. The van der Waals surface area contributed by atoms with Crippen LogP contribution >= 0.6 is 0 Å². The largest absolute Gasteiger partial charge is 0.354 e. The zero-order valence-electron chi connectivity index (χ0n) is 15.7. The van der Waals surface area contributed by atoms with Crippen molar-refractivity contribution >= 4 is 11.9 Å². The minimum Gasteiger partial charge on any atom is -0.354 e. The van der Waals surface area contributed by atoms with Gasteiger partial charge in [-0.1, -0.05) is 43.2 Å². The van der Waals surface area contributed by atoms with E-state index in [0.29, 0.717) is 24.7 Å². The Hall–Kier alpha value is -2.63. The van der Waals surface area contributed by atoms with Gasteiger partial charge in [0.2, 0.25) is 11.9 Å². The fraction of sp³-hybridized carbons (Fsp3) is 0.476. The van der Waals surface area contributed by atoms with Crippen LogP contribution in [0.5, 0.6) is 0 Å². The van der Waals surface area contributed by atoms with Crippen molar-refractivity contribution in [1.82, 2.24) is 15.3 Å². The quantitative estimate of drug-likeness (QED) is 0.686. The molecule has 0 radical (unpaired) electrons. The molecule has 1 spiro atoms. The molecule has 1 aromatic heterocycles. The zero-order chi connectivity index (χ0) is 18.9. The van der Waals surface area contributed by atoms with Crippen LogP contribution in [0.2, 0.25) is 0 Å². The number of nitrogens with zero attached hydrogens (tertiary/aromatic N) is 1. The molecule has 0 saturated heterocycles. The maximum atomic E-state index is 13.2. The second-order valence-electron chi connectivity index (χ2n) is 7.85. The average Bonchev–Trinajstić information content (AvgIpc) is 3.06. The number of amides is 1. The first-order chi connectivity index (χ1) is 13.1. The lowest BCUT2D eigenvalue weighted by Crippen LogP contribution is -2.40. The van der Waals surface area contributed by atoms with E-state index in [2.05, 4.69) is 32.7 Å². The van der Waals surface area contributed by atoms with Gasteiger partial charge in [-0.15, -0.1) is 0 Å². The molecule has 1 aromatic carbocycles. The minimum absolute atomic E-state index is 0.128. The van der Waals surface area contributed by atoms with Crippen molar-refractivity contribution < 1.29 is 4.79 Å². The number of anilines is 1. The van der Waals surface area contributed by atoms with Gasteiger partial charge in [0, 0.05) is 24.8 Å². The molecule has 1 heterocycles. The van der Waals surface area contributed by atoms with Crippen molar-refractivity contribution in [2.75, 3.05) is 18.4 Å². The monoisotopic (exact) mass is 366 g/mol. The summed E-state index contributed by atoms with van der Waals surface area (Å²) in [5.74, 6) is 0.564. The van der Waals surface area contributed by atoms with E-state index in [1.165, 1.54) is 18.9 Å². The van der Waals surface area contributed by atoms with Gasteiger partial charge in [-0.05, 0) is 37.2 Å². The summed E-state index contributed by atoms with van der Waals surface area (Å²) in [5, 5.41) is 6.19. The lowest BCUT2D eigenvalue weighted by molar-refractivity contribution is -0.124. The maximum Gasteiger partial charge on any atom is 0.252 e. The number of aromatic amines is 1. The Balaban J connectivity index is 1.41. The summed E-state index contributed by atoms with van der Waals surface area (Å²) in [6, 6.07) is 11.7. The molecule has 2 saturated carbocycles. The van der Waals surface area contributed by atoms with Crippen molar-refractivity contribution in [3.63, 3.8) is 0 Å². The standard InChI is InChI=1S/C21H26N4O2/c1-15-13-17(26)25-19(24-15)23-12-11-22-18(27)21(16-7-3-2-4-8-16)14-20(21)9-5-6-10-20/h2-4,7-8,13H,5-6,9-12,14H2,1H3,(H,22,27)(H2,23,24,25,26)/t21-/m0/s1. The molecule has 2 aromatic rings. The summed E-state index contributed by atoms with van der Waals surface area (Å²) in [6.45, 7) is 2.77. The molecule has 142 valence electrons. The number of aromatic nitrogens is 2. The third-order valence-corrected chi connectivity index (χ3v) is 6.17. The van der Waals surface area contributed by atoms with Crippen LogP contribution < -0.4 is 16.2 Å². The molecule has 1 amide bonds. The lowest BCUT2D eigenvalue weighted by Gasteiger charge is -2.22. The highest BCUT2D eigenvalue weighted by molar-refractivity contribution is 5.93. The van der Waals surface area contributed by atoms with Gasteiger partial charge < -0.3 is 10.6 Å². The Morgan fingerprint density at radius 2 is 1.93 bits per heavy atom. The van der Waals surface area contributed by atoms with Gasteiger partial charge >= 0.3 is 0 Å². The van der Waals surface area contributed by atoms with Crippen molar-refractivity contribution in [1.29, 1.82) is 0 Å². The number of aryl methyl sites for hydroxylation is 1. The number of hydrogen-bond donors (Lipinski definition) is 3. The van der Waals surface area contributed by atoms with E-state index in [0.717, 1.165) is 24.8 Å². The first-order valence-electron chi connectivity index (χ1n) is 9.71. The van der Waals surface area contributed by atoms with Gasteiger partial charge in [0.05, 0.1) is 5.41 Å². The number of carbonyl (C=O) groups excluding carboxylic acids is 1. The van der Waals surface area contributed by atoms with E-state index in [9.17, 15) is 9.59 Å². The van der Waals surface area contributed by atoms with Crippen LogP contribution in [0.3, 0.4) is 0 Å². The van der Waals surface area contributed by atoms with Crippen LogP contribution in [-0.2, 0) is 10.2 Å². The number of H-pyrrole nitrogens is 1. The molecule has 2 fully saturated rings. The van der Waals surface area contributed by atoms with Crippen LogP contribution in [0.25, 0.3) is 0 Å². The van der Waals surface area contributed by atoms with Gasteiger partial charge in [-0.2, -0.15) is 0 Å². The lowest BCUT2D eigenvalue weighted by atomic mass is 9.84. The fourth-order valence-corrected chi connectivity index (χ4v) is 4.87. The Labute approximate surface area is 158 Å². The normalized spacial score (nSPS) is 22.6. The number of nitrogens with one attached hydrogen (secondary N) is 3. The maximum absolute atomic E-state index is 13.2. The molecule has 3 N–H and O–H groups in total. The number of hydrogen-bond acceptors (Lipinski definition) is 4. The van der Waals surface area contributed by atoms with Crippen LogP contribution in [0, 0.1) is 12.3 Å². The number of benzene rings is 1. The Kier molecular flexibility index (Phi) is 4.50. The van der Waals surface area contributed by atoms with E-state index in [4.69, 9.17) is 0 Å². The van der Waals surface area contributed by atoms with Crippen molar-refractivity contribution in [3.8, 4) is 0 Å². The Bertz CT molecular complexity index is 887. The average molecular weight is 366 g/mol. The third-order valence-electron chi connectivity index (χ3n) is 6.17. The van der Waals surface area contributed by atoms with Gasteiger partial charge in [0.25, 0.3) is 5.56 Å². The van der Waals surface area contributed by atoms with Crippen LogP contribution in [0.15, 0.2) is 41.2 Å². The fourth-order valence-electron chi connectivity index (χ4n) is 4.87. The van der Waals surface area contributed by atoms with E-state index < -0.39 is 0 Å². The van der Waals surface area contributed by atoms with E-state index in [1.807, 2.05) is 18.2 Å². The van der Waals surface area contributed by atoms with Crippen LogP contribution in [-0.4, -0.2) is 29.0 Å². The van der Waals surface area contributed by atoms with E-state index in [1.54, 1.807) is 6.92 Å². The highest BCUT2D eigenvalue weighted by Crippen LogP contribution is 2.72. The van der Waals surface area contributed by atoms with Gasteiger partial charge in [-0.3, -0.25) is 14.6 Å². The van der Waals surface area contributed by atoms with E-state index in [-0.39, 0.29) is 22.3 Å². The van der Waals surface area contributed by atoms with Crippen LogP contribution in [0.4, 0.5) is 5.95 Å². The molecule has 2 aliphatic rings. The Morgan fingerprint density at radius 1 is 1.19 bits per heavy atom. The predicted molar refractivity (Wildman–Crippen MR) is 105 cm³/mol. The second kappa shape index (κ2) is 6.83. The molecular formula is C21H26N4O2. The van der Waals surface area contributed by atoms with Crippen molar-refractivity contribution in [2.45, 2.75) is 44.4 Å². The first-order valence-corrected chi connectivity index (χ1v) is 9.71. The molecule has 2 aliphatic carbocycles. The third kappa shape index (κ3) is 3.13. The van der Waals surface area contributed by atoms with Gasteiger partial charge in [-0.25, -0.2) is 4.98 Å². The summed E-state index contributed by atoms with van der Waals surface area (Å²) < 4.78 is 0. The minimum atomic E-state index is -0.374. The van der Waals surface area contributed by atoms with Gasteiger partial charge in [0.15, 0.2) is 0 Å². The van der Waals surface area contributed by atoms with Crippen molar-refractivity contribution in [2.24, 2.45) is 5.41 Å². The zero-order valence-corrected chi connectivity index (χ0v) is 15.7. The highest BCUT2D eigenvalue weighted by Gasteiger charge is 2.72. The molecule has 6 heteroatoms. The molecule has 0 bridgehead atoms. The summed E-state index contributed by atoms with van der Waals surface area (Å²) in [7, 11) is 0. The predicted octanol–water partition coefficient (Wildman–Crippen LogP) is 2.51. The topological polar surface area (TPSA) is 86.9 Å². The SMILES string of the molecule is Cc1cc(=O)[nH]c(NCCNC(=O)[C@@]2(c3ccccc3)CC23CCCC3)n1. The summed E-state index contributed by atoms with van der Waals surface area (Å²) in [4.78, 5) is 31.6. The van der Waals surface area contributed by atoms with Crippen molar-refractivity contribution in [3.05, 3.63) is 58.0 Å². The number of carbonyl (C=O) groups is 1. The number of rotatable bonds is 6. The summed E-state index contributed by atoms with van der Waals surface area (Å²) in [6.07, 6.45) is 5.67. The molecular weight excluding hydrogens is 340 g/mol. The molecule has 27 heavy (non-hydrogen) atoms. The molecule has 0 unspecified atom stereocenters.